The molecule has 0 aromatic carbocycles. The van der Waals surface area contributed by atoms with E-state index in [9.17, 15) is 0 Å². The summed E-state index contributed by atoms with van der Waals surface area (Å²) in [5.74, 6) is 2.03. The number of nitrogens with zero attached hydrogens (tertiary/aromatic N) is 2. The highest BCUT2D eigenvalue weighted by Crippen LogP contribution is 2.43. The van der Waals surface area contributed by atoms with E-state index in [2.05, 4.69) is 23.9 Å². The molecule has 0 aromatic heterocycles. The molecule has 4 heteroatoms. The van der Waals surface area contributed by atoms with Crippen molar-refractivity contribution >= 4 is 5.90 Å². The zero-order chi connectivity index (χ0) is 11.9. The third-order valence-corrected chi connectivity index (χ3v) is 4.19. The molecule has 0 radical (unpaired) electrons. The van der Waals surface area contributed by atoms with Crippen LogP contribution in [0.4, 0.5) is 0 Å². The number of hydrogen-bond donors (Lipinski definition) is 0. The van der Waals surface area contributed by atoms with Crippen molar-refractivity contribution in [2.45, 2.75) is 38.7 Å². The second kappa shape index (κ2) is 4.16. The minimum absolute atomic E-state index is 0.0528. The lowest BCUT2D eigenvalue weighted by Crippen LogP contribution is -2.59. The summed E-state index contributed by atoms with van der Waals surface area (Å²) in [5, 5.41) is 4.17. The van der Waals surface area contributed by atoms with Crippen molar-refractivity contribution in [2.75, 3.05) is 26.2 Å². The molecule has 0 saturated carbocycles. The molecule has 4 rings (SSSR count). The van der Waals surface area contributed by atoms with E-state index in [0.29, 0.717) is 11.8 Å². The second-order valence-electron chi connectivity index (χ2n) is 6.07. The number of oxime groups is 1. The van der Waals surface area contributed by atoms with Gasteiger partial charge in [0.05, 0.1) is 13.0 Å². The van der Waals surface area contributed by atoms with Gasteiger partial charge in [0.15, 0.2) is 5.60 Å². The number of rotatable bonds is 2. The van der Waals surface area contributed by atoms with Crippen LogP contribution in [0.2, 0.25) is 0 Å². The van der Waals surface area contributed by atoms with Gasteiger partial charge in [0.2, 0.25) is 5.90 Å². The van der Waals surface area contributed by atoms with Gasteiger partial charge in [-0.25, -0.2) is 0 Å². The summed E-state index contributed by atoms with van der Waals surface area (Å²) in [6.45, 7) is 8.55. The summed E-state index contributed by atoms with van der Waals surface area (Å²) >= 11 is 0. The fourth-order valence-corrected chi connectivity index (χ4v) is 3.23. The molecule has 3 saturated heterocycles. The van der Waals surface area contributed by atoms with Crippen LogP contribution in [-0.4, -0.2) is 42.6 Å². The Bertz CT molecular complexity index is 321. The number of ether oxygens (including phenoxy) is 1. The molecule has 4 aliphatic rings. The molecule has 1 atom stereocenters. The van der Waals surface area contributed by atoms with Crippen LogP contribution >= 0.6 is 0 Å². The van der Waals surface area contributed by atoms with Gasteiger partial charge in [-0.05, 0) is 31.8 Å². The third-order valence-electron chi connectivity index (χ3n) is 4.19. The average Bonchev–Trinajstić information content (AvgIpc) is 2.71. The van der Waals surface area contributed by atoms with E-state index in [-0.39, 0.29) is 5.60 Å². The van der Waals surface area contributed by atoms with Crippen LogP contribution in [0.3, 0.4) is 0 Å². The first kappa shape index (κ1) is 11.3. The van der Waals surface area contributed by atoms with Crippen LogP contribution in [0.5, 0.6) is 0 Å². The average molecular weight is 238 g/mol. The Morgan fingerprint density at radius 2 is 2.24 bits per heavy atom. The Labute approximate surface area is 103 Å². The van der Waals surface area contributed by atoms with E-state index in [0.717, 1.165) is 25.5 Å². The summed E-state index contributed by atoms with van der Waals surface area (Å²) < 4.78 is 5.71. The van der Waals surface area contributed by atoms with E-state index in [1.807, 2.05) is 0 Å². The van der Waals surface area contributed by atoms with E-state index in [4.69, 9.17) is 9.57 Å². The van der Waals surface area contributed by atoms with Crippen molar-refractivity contribution < 1.29 is 9.57 Å². The Morgan fingerprint density at radius 3 is 2.82 bits per heavy atom. The largest absolute Gasteiger partial charge is 0.478 e. The molecule has 4 aliphatic heterocycles. The van der Waals surface area contributed by atoms with Crippen molar-refractivity contribution in [1.82, 2.24) is 4.90 Å². The van der Waals surface area contributed by atoms with E-state index in [1.165, 1.54) is 25.9 Å². The Kier molecular flexibility index (Phi) is 2.77. The van der Waals surface area contributed by atoms with Crippen LogP contribution in [0.25, 0.3) is 0 Å². The van der Waals surface area contributed by atoms with Crippen LogP contribution in [0.15, 0.2) is 5.16 Å². The van der Waals surface area contributed by atoms with Gasteiger partial charge in [-0.1, -0.05) is 19.0 Å². The number of fused-ring (bicyclic) bond motifs is 2. The summed E-state index contributed by atoms with van der Waals surface area (Å²) in [4.78, 5) is 8.28. The highest BCUT2D eigenvalue weighted by Gasteiger charge is 2.52. The summed E-state index contributed by atoms with van der Waals surface area (Å²) in [5.41, 5.74) is -0.0528. The minimum atomic E-state index is -0.0528. The predicted octanol–water partition coefficient (Wildman–Crippen LogP) is 1.86. The first-order valence-corrected chi connectivity index (χ1v) is 6.78. The highest BCUT2D eigenvalue weighted by atomic mass is 16.7. The lowest BCUT2D eigenvalue weighted by Gasteiger charge is -2.49. The fourth-order valence-electron chi connectivity index (χ4n) is 3.23. The van der Waals surface area contributed by atoms with Gasteiger partial charge in [-0.3, -0.25) is 4.90 Å². The zero-order valence-electron chi connectivity index (χ0n) is 10.8. The molecular formula is C13H22N2O2. The van der Waals surface area contributed by atoms with Crippen LogP contribution < -0.4 is 0 Å². The lowest BCUT2D eigenvalue weighted by atomic mass is 9.74. The summed E-state index contributed by atoms with van der Waals surface area (Å²) in [6.07, 6.45) is 3.39. The predicted molar refractivity (Wildman–Crippen MR) is 65.8 cm³/mol. The minimum Gasteiger partial charge on any atom is -0.478 e. The Morgan fingerprint density at radius 1 is 1.47 bits per heavy atom. The molecule has 0 N–H and O–H groups in total. The maximum atomic E-state index is 5.78. The molecule has 0 aromatic rings. The van der Waals surface area contributed by atoms with Gasteiger partial charge in [0.1, 0.15) is 0 Å². The van der Waals surface area contributed by atoms with E-state index < -0.39 is 0 Å². The number of hydrogen-bond acceptors (Lipinski definition) is 4. The van der Waals surface area contributed by atoms with Gasteiger partial charge in [-0.15, -0.1) is 0 Å². The quantitative estimate of drug-likeness (QED) is 0.736. The molecule has 96 valence electrons. The lowest BCUT2D eigenvalue weighted by molar-refractivity contribution is -0.136. The normalized spacial score (nSPS) is 39.6. The van der Waals surface area contributed by atoms with Gasteiger partial charge in [0, 0.05) is 12.5 Å². The van der Waals surface area contributed by atoms with Crippen molar-refractivity contribution in [3.05, 3.63) is 0 Å². The van der Waals surface area contributed by atoms with Gasteiger partial charge < -0.3 is 9.57 Å². The molecule has 4 heterocycles. The topological polar surface area (TPSA) is 34.1 Å². The van der Waals surface area contributed by atoms with E-state index >= 15 is 0 Å². The van der Waals surface area contributed by atoms with Gasteiger partial charge >= 0.3 is 0 Å². The first-order chi connectivity index (χ1) is 8.18. The van der Waals surface area contributed by atoms with Gasteiger partial charge in [0.25, 0.3) is 0 Å². The van der Waals surface area contributed by atoms with E-state index in [1.54, 1.807) is 0 Å². The molecule has 17 heavy (non-hydrogen) atoms. The molecule has 0 amide bonds. The Balaban J connectivity index is 1.61. The van der Waals surface area contributed by atoms with Crippen LogP contribution in [-0.2, 0) is 9.57 Å². The molecule has 1 unspecified atom stereocenters. The van der Waals surface area contributed by atoms with Crippen LogP contribution in [0.1, 0.15) is 33.1 Å². The van der Waals surface area contributed by atoms with Crippen molar-refractivity contribution in [3.63, 3.8) is 0 Å². The molecular weight excluding hydrogens is 216 g/mol. The van der Waals surface area contributed by atoms with Crippen LogP contribution in [0, 0.1) is 11.8 Å². The Hall–Kier alpha value is -0.770. The smallest absolute Gasteiger partial charge is 0.229 e. The zero-order valence-corrected chi connectivity index (χ0v) is 10.8. The monoisotopic (exact) mass is 238 g/mol. The maximum Gasteiger partial charge on any atom is 0.229 e. The highest BCUT2D eigenvalue weighted by molar-refractivity contribution is 5.78. The second-order valence-corrected chi connectivity index (χ2v) is 6.07. The SMILES string of the molecule is CC(C)COC1=NOC2(C1)CN1CCC2CC1. The molecule has 1 spiro atoms. The van der Waals surface area contributed by atoms with Gasteiger partial charge in [-0.2, -0.15) is 0 Å². The first-order valence-electron chi connectivity index (χ1n) is 6.78. The molecule has 4 nitrogen and oxygen atoms in total. The fraction of sp³-hybridized carbons (Fsp3) is 0.923. The van der Waals surface area contributed by atoms with Crippen molar-refractivity contribution in [2.24, 2.45) is 17.0 Å². The number of piperidine rings is 3. The van der Waals surface area contributed by atoms with Crippen molar-refractivity contribution in [3.8, 4) is 0 Å². The molecule has 0 aliphatic carbocycles. The summed E-state index contributed by atoms with van der Waals surface area (Å²) in [7, 11) is 0. The standard InChI is InChI=1S/C13H22N2O2/c1-10(2)8-16-12-7-13(17-14-12)9-15-5-3-11(13)4-6-15/h10-11H,3-9H2,1-2H3. The molecule has 3 fully saturated rings. The maximum absolute atomic E-state index is 5.78. The van der Waals surface area contributed by atoms with Crippen molar-refractivity contribution in [1.29, 1.82) is 0 Å². The summed E-state index contributed by atoms with van der Waals surface area (Å²) in [6, 6.07) is 0. The third kappa shape index (κ3) is 2.03. The molecule has 2 bridgehead atoms.